The summed E-state index contributed by atoms with van der Waals surface area (Å²) >= 11 is 0. The van der Waals surface area contributed by atoms with Gasteiger partial charge in [0.15, 0.2) is 0 Å². The third-order valence-corrected chi connectivity index (χ3v) is 4.59. The minimum absolute atomic E-state index is 0.433. The zero-order valence-corrected chi connectivity index (χ0v) is 18.6. The van der Waals surface area contributed by atoms with Crippen molar-refractivity contribution >= 4 is 11.8 Å². The molecule has 2 N–H and O–H groups in total. The van der Waals surface area contributed by atoms with Gasteiger partial charge in [0.05, 0.1) is 12.2 Å². The van der Waals surface area contributed by atoms with Gasteiger partial charge in [-0.3, -0.25) is 4.79 Å². The van der Waals surface area contributed by atoms with Crippen molar-refractivity contribution in [2.45, 2.75) is 67.6 Å². The van der Waals surface area contributed by atoms with Crippen molar-refractivity contribution in [2.75, 3.05) is 0 Å². The predicted octanol–water partition coefficient (Wildman–Crippen LogP) is 4.07. The number of aryl methyl sites for hydroxylation is 6. The van der Waals surface area contributed by atoms with Crippen LogP contribution in [0.3, 0.4) is 0 Å². The molecular formula is C24H32O5. The van der Waals surface area contributed by atoms with Gasteiger partial charge >= 0.3 is 5.97 Å². The standard InChI is InChI=1S/C20H22O3.C4H10O2/c1-11-7-13(3)17(14(4)8-11)18(21)20(22)23-19-15(5)9-12(2)10-16(19)6;1-3(5)4(2)6/h7-10H,1-6H3;3-6H,1-2H3. The van der Waals surface area contributed by atoms with Crippen molar-refractivity contribution < 1.29 is 24.5 Å². The van der Waals surface area contributed by atoms with Crippen LogP contribution in [0.4, 0.5) is 0 Å². The van der Waals surface area contributed by atoms with Gasteiger partial charge in [-0.2, -0.15) is 0 Å². The molecule has 0 saturated heterocycles. The molecule has 2 aromatic rings. The summed E-state index contributed by atoms with van der Waals surface area (Å²) in [5, 5.41) is 16.8. The SMILES string of the molecule is CC(O)C(C)O.Cc1cc(C)c(OC(=O)C(=O)c2c(C)cc(C)cc2C)c(C)c1. The van der Waals surface area contributed by atoms with Gasteiger partial charge in [0.1, 0.15) is 5.75 Å². The molecule has 0 spiro atoms. The summed E-state index contributed by atoms with van der Waals surface area (Å²) in [6.07, 6.45) is -1.19. The van der Waals surface area contributed by atoms with Crippen molar-refractivity contribution in [3.8, 4) is 5.75 Å². The van der Waals surface area contributed by atoms with Crippen LogP contribution in [-0.2, 0) is 4.79 Å². The summed E-state index contributed by atoms with van der Waals surface area (Å²) in [6.45, 7) is 14.5. The number of hydrogen-bond donors (Lipinski definition) is 2. The van der Waals surface area contributed by atoms with E-state index in [4.69, 9.17) is 14.9 Å². The summed E-state index contributed by atoms with van der Waals surface area (Å²) < 4.78 is 5.40. The van der Waals surface area contributed by atoms with Crippen LogP contribution < -0.4 is 4.74 Å². The number of carbonyl (C=O) groups is 2. The van der Waals surface area contributed by atoms with E-state index < -0.39 is 24.0 Å². The molecule has 29 heavy (non-hydrogen) atoms. The Labute approximate surface area is 173 Å². The fraction of sp³-hybridized carbons (Fsp3) is 0.417. The molecule has 0 fully saturated rings. The van der Waals surface area contributed by atoms with Crippen molar-refractivity contribution in [1.82, 2.24) is 0 Å². The lowest BCUT2D eigenvalue weighted by molar-refractivity contribution is -0.129. The van der Waals surface area contributed by atoms with E-state index in [2.05, 4.69) is 0 Å². The summed E-state index contributed by atoms with van der Waals surface area (Å²) in [6, 6.07) is 7.66. The van der Waals surface area contributed by atoms with E-state index >= 15 is 0 Å². The molecule has 0 amide bonds. The summed E-state index contributed by atoms with van der Waals surface area (Å²) in [5.74, 6) is -0.967. The van der Waals surface area contributed by atoms with Crippen LogP contribution in [0.1, 0.15) is 57.6 Å². The maximum atomic E-state index is 12.5. The minimum atomic E-state index is -0.838. The van der Waals surface area contributed by atoms with Crippen LogP contribution in [-0.4, -0.2) is 34.2 Å². The highest BCUT2D eigenvalue weighted by atomic mass is 16.5. The Morgan fingerprint density at radius 3 is 1.41 bits per heavy atom. The maximum absolute atomic E-state index is 12.5. The number of carbonyl (C=O) groups excluding carboxylic acids is 2. The maximum Gasteiger partial charge on any atom is 0.385 e. The molecule has 2 aromatic carbocycles. The van der Waals surface area contributed by atoms with Gasteiger partial charge in [-0.1, -0.05) is 35.4 Å². The second-order valence-corrected chi connectivity index (χ2v) is 7.70. The van der Waals surface area contributed by atoms with Crippen molar-refractivity contribution in [3.05, 3.63) is 63.2 Å². The molecule has 2 atom stereocenters. The lowest BCUT2D eigenvalue weighted by Gasteiger charge is -2.13. The lowest BCUT2D eigenvalue weighted by Crippen LogP contribution is -2.23. The first-order chi connectivity index (χ1) is 13.3. The molecule has 0 radical (unpaired) electrons. The van der Waals surface area contributed by atoms with Gasteiger partial charge in [-0.15, -0.1) is 0 Å². The Bertz CT molecular complexity index is 842. The van der Waals surface area contributed by atoms with E-state index in [1.165, 1.54) is 0 Å². The molecule has 0 aromatic heterocycles. The molecule has 2 unspecified atom stereocenters. The van der Waals surface area contributed by atoms with Crippen molar-refractivity contribution in [2.24, 2.45) is 0 Å². The number of benzene rings is 2. The number of ketones is 1. The third-order valence-electron chi connectivity index (χ3n) is 4.59. The quantitative estimate of drug-likeness (QED) is 0.350. The van der Waals surface area contributed by atoms with E-state index in [9.17, 15) is 9.59 Å². The van der Waals surface area contributed by atoms with Crippen LogP contribution >= 0.6 is 0 Å². The Morgan fingerprint density at radius 1 is 0.724 bits per heavy atom. The second kappa shape index (κ2) is 10.3. The molecule has 2 rings (SSSR count). The Morgan fingerprint density at radius 2 is 1.07 bits per heavy atom. The number of Topliss-reactive ketones (excluding diaryl/α,β-unsaturated/α-hetero) is 1. The highest BCUT2D eigenvalue weighted by Gasteiger charge is 2.24. The fourth-order valence-corrected chi connectivity index (χ4v) is 3.11. The monoisotopic (exact) mass is 400 g/mol. The molecular weight excluding hydrogens is 368 g/mol. The topological polar surface area (TPSA) is 83.8 Å². The minimum Gasteiger partial charge on any atom is -0.420 e. The van der Waals surface area contributed by atoms with Crippen LogP contribution in [0.5, 0.6) is 5.75 Å². The van der Waals surface area contributed by atoms with Crippen molar-refractivity contribution in [3.63, 3.8) is 0 Å². The van der Waals surface area contributed by atoms with Gasteiger partial charge in [0.25, 0.3) is 5.78 Å². The highest BCUT2D eigenvalue weighted by molar-refractivity contribution is 6.41. The smallest absolute Gasteiger partial charge is 0.385 e. The number of aliphatic hydroxyl groups is 2. The summed E-state index contributed by atoms with van der Waals surface area (Å²) in [5.41, 5.74) is 5.88. The molecule has 0 saturated carbocycles. The lowest BCUT2D eigenvalue weighted by atomic mass is 9.96. The zero-order valence-electron chi connectivity index (χ0n) is 18.6. The largest absolute Gasteiger partial charge is 0.420 e. The molecule has 0 bridgehead atoms. The second-order valence-electron chi connectivity index (χ2n) is 7.70. The summed E-state index contributed by atoms with van der Waals surface area (Å²) in [7, 11) is 0. The molecule has 0 aliphatic heterocycles. The Kier molecular flexibility index (Phi) is 8.74. The van der Waals surface area contributed by atoms with Gasteiger partial charge in [-0.25, -0.2) is 4.79 Å². The molecule has 5 nitrogen and oxygen atoms in total. The number of aliphatic hydroxyl groups excluding tert-OH is 2. The molecule has 0 aliphatic rings. The van der Waals surface area contributed by atoms with E-state index in [0.29, 0.717) is 11.3 Å². The normalized spacial score (nSPS) is 12.5. The van der Waals surface area contributed by atoms with E-state index in [-0.39, 0.29) is 0 Å². The number of ether oxygens (including phenoxy) is 1. The average Bonchev–Trinajstić information content (AvgIpc) is 2.57. The van der Waals surface area contributed by atoms with Crippen LogP contribution in [0.2, 0.25) is 0 Å². The van der Waals surface area contributed by atoms with Crippen molar-refractivity contribution in [1.29, 1.82) is 0 Å². The predicted molar refractivity (Wildman–Crippen MR) is 115 cm³/mol. The number of esters is 1. The first-order valence-corrected chi connectivity index (χ1v) is 9.63. The average molecular weight is 401 g/mol. The summed E-state index contributed by atoms with van der Waals surface area (Å²) in [4.78, 5) is 24.8. The third kappa shape index (κ3) is 6.80. The van der Waals surface area contributed by atoms with E-state index in [0.717, 1.165) is 33.4 Å². The number of rotatable bonds is 4. The first-order valence-electron chi connectivity index (χ1n) is 9.63. The van der Waals surface area contributed by atoms with Gasteiger partial charge < -0.3 is 14.9 Å². The van der Waals surface area contributed by atoms with Gasteiger partial charge in [0.2, 0.25) is 0 Å². The van der Waals surface area contributed by atoms with Crippen LogP contribution in [0.15, 0.2) is 24.3 Å². The first kappa shape index (κ1) is 24.5. The fourth-order valence-electron chi connectivity index (χ4n) is 3.11. The van der Waals surface area contributed by atoms with Gasteiger partial charge in [0, 0.05) is 5.56 Å². The Balaban J connectivity index is 0.000000612. The molecule has 5 heteroatoms. The molecule has 0 heterocycles. The Hall–Kier alpha value is -2.50. The van der Waals surface area contributed by atoms with E-state index in [1.807, 2.05) is 65.8 Å². The van der Waals surface area contributed by atoms with Gasteiger partial charge in [-0.05, 0) is 77.6 Å². The van der Waals surface area contributed by atoms with Crippen LogP contribution in [0, 0.1) is 41.5 Å². The molecule has 158 valence electrons. The molecule has 0 aliphatic carbocycles. The van der Waals surface area contributed by atoms with E-state index in [1.54, 1.807) is 13.8 Å². The highest BCUT2D eigenvalue weighted by Crippen LogP contribution is 2.25. The number of hydrogen-bond acceptors (Lipinski definition) is 5. The zero-order chi connectivity index (χ0) is 22.5. The van der Waals surface area contributed by atoms with Crippen LogP contribution in [0.25, 0.3) is 0 Å².